The van der Waals surface area contributed by atoms with E-state index in [1.54, 1.807) is 17.7 Å². The maximum atomic E-state index is 11.2. The van der Waals surface area contributed by atoms with Crippen molar-refractivity contribution in [3.8, 4) is 0 Å². The molecule has 0 saturated carbocycles. The highest BCUT2D eigenvalue weighted by molar-refractivity contribution is 5.96. The number of primary amides is 1. The van der Waals surface area contributed by atoms with Crippen LogP contribution in [0.15, 0.2) is 27.9 Å². The largest absolute Gasteiger partial charge is 0.366 e. The second-order valence-corrected chi connectivity index (χ2v) is 4.97. The Morgan fingerprint density at radius 3 is 2.75 bits per heavy atom. The van der Waals surface area contributed by atoms with Crippen LogP contribution in [-0.2, 0) is 4.79 Å². The van der Waals surface area contributed by atoms with Crippen LogP contribution in [0.5, 0.6) is 0 Å². The molecule has 20 heavy (non-hydrogen) atoms. The van der Waals surface area contributed by atoms with Crippen molar-refractivity contribution >= 4 is 17.9 Å². The van der Waals surface area contributed by atoms with E-state index in [-0.39, 0.29) is 0 Å². The van der Waals surface area contributed by atoms with E-state index in [1.165, 1.54) is 5.57 Å². The fourth-order valence-electron chi connectivity index (χ4n) is 1.84. The lowest BCUT2D eigenvalue weighted by molar-refractivity contribution is -0.114. The van der Waals surface area contributed by atoms with Gasteiger partial charge in [-0.2, -0.15) is 5.10 Å². The molecule has 3 N–H and O–H groups in total. The highest BCUT2D eigenvalue weighted by Gasteiger charge is 2.14. The Morgan fingerprint density at radius 2 is 2.15 bits per heavy atom. The molecule has 0 aliphatic carbocycles. The van der Waals surface area contributed by atoms with Crippen molar-refractivity contribution in [1.29, 1.82) is 0 Å². The van der Waals surface area contributed by atoms with Crippen molar-refractivity contribution in [1.82, 2.24) is 15.1 Å². The lowest BCUT2D eigenvalue weighted by Crippen LogP contribution is -2.35. The first kappa shape index (κ1) is 14.0. The van der Waals surface area contributed by atoms with E-state index in [2.05, 4.69) is 15.4 Å². The zero-order chi connectivity index (χ0) is 14.9. The summed E-state index contributed by atoms with van der Waals surface area (Å²) < 4.78 is 1.69. The van der Waals surface area contributed by atoms with Gasteiger partial charge in [0.25, 0.3) is 0 Å². The summed E-state index contributed by atoms with van der Waals surface area (Å²) in [6.45, 7) is 8.32. The van der Waals surface area contributed by atoms with Gasteiger partial charge in [-0.3, -0.25) is 4.79 Å². The SMILES string of the molecule is CC(=Cc1cc(C)nn1C1=NC(C)=C(C)CN1)C(N)=O. The summed E-state index contributed by atoms with van der Waals surface area (Å²) in [6.07, 6.45) is 1.72. The van der Waals surface area contributed by atoms with Crippen LogP contribution in [0.25, 0.3) is 6.08 Å². The maximum Gasteiger partial charge on any atom is 0.244 e. The van der Waals surface area contributed by atoms with Crippen LogP contribution in [0.1, 0.15) is 32.2 Å². The second kappa shape index (κ2) is 5.32. The van der Waals surface area contributed by atoms with Gasteiger partial charge in [0.2, 0.25) is 11.9 Å². The van der Waals surface area contributed by atoms with Crippen LogP contribution in [0.3, 0.4) is 0 Å². The van der Waals surface area contributed by atoms with Crippen molar-refractivity contribution in [2.75, 3.05) is 6.54 Å². The summed E-state index contributed by atoms with van der Waals surface area (Å²) in [5, 5.41) is 7.63. The lowest BCUT2D eigenvalue weighted by Gasteiger charge is -2.17. The van der Waals surface area contributed by atoms with Gasteiger partial charge in [-0.05, 0) is 45.4 Å². The van der Waals surface area contributed by atoms with Gasteiger partial charge in [-0.25, -0.2) is 9.67 Å². The van der Waals surface area contributed by atoms with Crippen molar-refractivity contribution < 1.29 is 4.79 Å². The third kappa shape index (κ3) is 2.79. The lowest BCUT2D eigenvalue weighted by atomic mass is 10.2. The molecule has 0 aromatic carbocycles. The molecule has 1 aromatic heterocycles. The van der Waals surface area contributed by atoms with Gasteiger partial charge in [0.1, 0.15) is 0 Å². The highest BCUT2D eigenvalue weighted by Crippen LogP contribution is 2.13. The average molecular weight is 273 g/mol. The summed E-state index contributed by atoms with van der Waals surface area (Å²) in [4.78, 5) is 15.7. The second-order valence-electron chi connectivity index (χ2n) is 4.97. The zero-order valence-corrected chi connectivity index (χ0v) is 12.2. The molecular formula is C14H19N5O. The van der Waals surface area contributed by atoms with E-state index in [9.17, 15) is 4.79 Å². The topological polar surface area (TPSA) is 85.3 Å². The molecule has 1 aliphatic rings. The van der Waals surface area contributed by atoms with E-state index in [1.807, 2.05) is 26.8 Å². The number of hydrogen-bond acceptors (Lipinski definition) is 4. The molecule has 1 aromatic rings. The molecule has 0 saturated heterocycles. The molecule has 106 valence electrons. The van der Waals surface area contributed by atoms with Crippen LogP contribution in [0.2, 0.25) is 0 Å². The van der Waals surface area contributed by atoms with E-state index >= 15 is 0 Å². The minimum atomic E-state index is -0.444. The fourth-order valence-corrected chi connectivity index (χ4v) is 1.84. The Labute approximate surface area is 118 Å². The number of allylic oxidation sites excluding steroid dienone is 1. The smallest absolute Gasteiger partial charge is 0.244 e. The van der Waals surface area contributed by atoms with E-state index in [4.69, 9.17) is 5.73 Å². The Morgan fingerprint density at radius 1 is 1.45 bits per heavy atom. The molecule has 0 bridgehead atoms. The first-order chi connectivity index (χ1) is 9.38. The van der Waals surface area contributed by atoms with Gasteiger partial charge in [-0.1, -0.05) is 0 Å². The molecule has 2 rings (SSSR count). The third-order valence-corrected chi connectivity index (χ3v) is 3.22. The van der Waals surface area contributed by atoms with Gasteiger partial charge in [-0.15, -0.1) is 0 Å². The Hall–Kier alpha value is -2.37. The quantitative estimate of drug-likeness (QED) is 0.793. The fraction of sp³-hybridized carbons (Fsp3) is 0.357. The number of nitrogens with one attached hydrogen (secondary N) is 1. The molecule has 1 amide bonds. The minimum Gasteiger partial charge on any atom is -0.366 e. The van der Waals surface area contributed by atoms with Gasteiger partial charge in [0, 0.05) is 17.8 Å². The number of hydrogen-bond donors (Lipinski definition) is 2. The molecule has 6 heteroatoms. The molecule has 0 radical (unpaired) electrons. The van der Waals surface area contributed by atoms with Crippen LogP contribution >= 0.6 is 0 Å². The molecule has 6 nitrogen and oxygen atoms in total. The Balaban J connectivity index is 2.46. The number of aryl methyl sites for hydroxylation is 1. The van der Waals surface area contributed by atoms with Crippen molar-refractivity contribution in [3.05, 3.63) is 34.3 Å². The Kier molecular flexibility index (Phi) is 3.74. The molecule has 1 aliphatic heterocycles. The van der Waals surface area contributed by atoms with E-state index in [0.717, 1.165) is 23.6 Å². The standard InChI is InChI=1S/C14H19N5O/c1-8(13(15)20)5-12-6-10(3)18-19(12)14-16-7-9(2)11(4)17-14/h5-6H,7H2,1-4H3,(H2,15,20)(H,16,17). The number of carbonyl (C=O) groups excluding carboxylic acids is 1. The number of nitrogens with zero attached hydrogens (tertiary/aromatic N) is 3. The summed E-state index contributed by atoms with van der Waals surface area (Å²) in [7, 11) is 0. The predicted molar refractivity (Wildman–Crippen MR) is 79.0 cm³/mol. The number of nitrogens with two attached hydrogens (primary N) is 1. The summed E-state index contributed by atoms with van der Waals surface area (Å²) in [5.41, 5.74) is 9.55. The van der Waals surface area contributed by atoms with Crippen LogP contribution < -0.4 is 11.1 Å². The number of rotatable bonds is 2. The van der Waals surface area contributed by atoms with Crippen LogP contribution in [0.4, 0.5) is 0 Å². The molecular weight excluding hydrogens is 254 g/mol. The zero-order valence-electron chi connectivity index (χ0n) is 12.2. The van der Waals surface area contributed by atoms with E-state index in [0.29, 0.717) is 11.5 Å². The minimum absolute atomic E-state index is 0.444. The molecule has 2 heterocycles. The van der Waals surface area contributed by atoms with Gasteiger partial charge < -0.3 is 11.1 Å². The highest BCUT2D eigenvalue weighted by atomic mass is 16.1. The normalized spacial score (nSPS) is 16.0. The number of aromatic nitrogens is 2. The summed E-state index contributed by atoms with van der Waals surface area (Å²) >= 11 is 0. The monoisotopic (exact) mass is 273 g/mol. The maximum absolute atomic E-state index is 11.2. The van der Waals surface area contributed by atoms with Gasteiger partial charge in [0.15, 0.2) is 0 Å². The van der Waals surface area contributed by atoms with Crippen molar-refractivity contribution in [3.63, 3.8) is 0 Å². The summed E-state index contributed by atoms with van der Waals surface area (Å²) in [6, 6.07) is 1.89. The molecule has 0 unspecified atom stereocenters. The predicted octanol–water partition coefficient (Wildman–Crippen LogP) is 1.18. The van der Waals surface area contributed by atoms with Gasteiger partial charge >= 0.3 is 0 Å². The molecule has 0 spiro atoms. The van der Waals surface area contributed by atoms with Crippen molar-refractivity contribution in [2.45, 2.75) is 27.7 Å². The Bertz CT molecular complexity index is 649. The number of carbonyl (C=O) groups is 1. The van der Waals surface area contributed by atoms with Crippen LogP contribution in [0, 0.1) is 6.92 Å². The third-order valence-electron chi connectivity index (χ3n) is 3.22. The van der Waals surface area contributed by atoms with Gasteiger partial charge in [0.05, 0.1) is 11.4 Å². The molecule has 0 fully saturated rings. The first-order valence-electron chi connectivity index (χ1n) is 6.42. The molecule has 0 atom stereocenters. The number of aliphatic imine (C=N–C) groups is 1. The average Bonchev–Trinajstić information content (AvgIpc) is 2.73. The van der Waals surface area contributed by atoms with E-state index < -0.39 is 5.91 Å². The van der Waals surface area contributed by atoms with Crippen molar-refractivity contribution in [2.24, 2.45) is 10.7 Å². The summed E-state index contributed by atoms with van der Waals surface area (Å²) in [5.74, 6) is 0.214. The van der Waals surface area contributed by atoms with Crippen LogP contribution in [-0.4, -0.2) is 28.2 Å². The number of amides is 1. The first-order valence-corrected chi connectivity index (χ1v) is 6.42.